The van der Waals surface area contributed by atoms with Crippen molar-refractivity contribution in [1.82, 2.24) is 10.6 Å². The van der Waals surface area contributed by atoms with Gasteiger partial charge in [-0.2, -0.15) is 0 Å². The van der Waals surface area contributed by atoms with Crippen molar-refractivity contribution in [2.75, 3.05) is 19.7 Å². The van der Waals surface area contributed by atoms with Crippen LogP contribution in [0, 0.1) is 6.92 Å². The zero-order valence-electron chi connectivity index (χ0n) is 12.9. The number of hydrogen-bond donors (Lipinski definition) is 2. The monoisotopic (exact) mass is 287 g/mol. The smallest absolute Gasteiger partial charge is 0.191 e. The Morgan fingerprint density at radius 2 is 1.95 bits per heavy atom. The number of guanidine groups is 1. The second-order valence-electron chi connectivity index (χ2n) is 5.21. The molecule has 1 aliphatic rings. The van der Waals surface area contributed by atoms with Crippen molar-refractivity contribution < 1.29 is 4.74 Å². The van der Waals surface area contributed by atoms with Gasteiger partial charge >= 0.3 is 0 Å². The molecule has 0 amide bonds. The highest BCUT2D eigenvalue weighted by atomic mass is 16.5. The van der Waals surface area contributed by atoms with Gasteiger partial charge in [0.2, 0.25) is 0 Å². The summed E-state index contributed by atoms with van der Waals surface area (Å²) in [4.78, 5) is 4.55. The molecule has 0 radical (unpaired) electrons. The number of aliphatic imine (C=N–C) groups is 1. The van der Waals surface area contributed by atoms with Crippen LogP contribution in [0.5, 0.6) is 5.75 Å². The van der Waals surface area contributed by atoms with Crippen LogP contribution in [0.25, 0.3) is 0 Å². The van der Waals surface area contributed by atoms with E-state index in [2.05, 4.69) is 53.8 Å². The number of benzene rings is 1. The summed E-state index contributed by atoms with van der Waals surface area (Å²) in [6.45, 7) is 6.24. The lowest BCUT2D eigenvalue weighted by Crippen LogP contribution is -2.42. The molecule has 0 fully saturated rings. The molecule has 0 bridgehead atoms. The fraction of sp³-hybridized carbons (Fsp3) is 0.471. The summed E-state index contributed by atoms with van der Waals surface area (Å²) in [5.41, 5.74) is 1.24. The van der Waals surface area contributed by atoms with E-state index < -0.39 is 0 Å². The molecule has 0 atom stereocenters. The van der Waals surface area contributed by atoms with E-state index in [1.807, 2.05) is 12.1 Å². The van der Waals surface area contributed by atoms with Gasteiger partial charge in [0.05, 0.1) is 6.54 Å². The van der Waals surface area contributed by atoms with Crippen molar-refractivity contribution in [2.45, 2.75) is 32.7 Å². The normalized spacial score (nSPS) is 15.2. The SMILES string of the molecule is CCNC(=NCCOc1ccc(C)cc1)NC1CC=CC1. The Hall–Kier alpha value is -1.97. The lowest BCUT2D eigenvalue weighted by Gasteiger charge is -2.16. The number of nitrogens with zero attached hydrogens (tertiary/aromatic N) is 1. The van der Waals surface area contributed by atoms with Crippen LogP contribution in [0.4, 0.5) is 0 Å². The molecule has 1 aliphatic carbocycles. The maximum Gasteiger partial charge on any atom is 0.191 e. The first kappa shape index (κ1) is 15.4. The van der Waals surface area contributed by atoms with Crippen LogP contribution in [-0.2, 0) is 0 Å². The third-order valence-electron chi connectivity index (χ3n) is 3.34. The largest absolute Gasteiger partial charge is 0.492 e. The Bertz CT molecular complexity index is 471. The highest BCUT2D eigenvalue weighted by Gasteiger charge is 2.11. The van der Waals surface area contributed by atoms with Gasteiger partial charge in [-0.1, -0.05) is 29.8 Å². The van der Waals surface area contributed by atoms with E-state index in [1.54, 1.807) is 0 Å². The lowest BCUT2D eigenvalue weighted by atomic mass is 10.2. The number of rotatable bonds is 6. The van der Waals surface area contributed by atoms with Crippen molar-refractivity contribution >= 4 is 5.96 Å². The van der Waals surface area contributed by atoms with Crippen molar-refractivity contribution in [3.05, 3.63) is 42.0 Å². The van der Waals surface area contributed by atoms with E-state index in [1.165, 1.54) is 5.56 Å². The molecule has 0 aliphatic heterocycles. The van der Waals surface area contributed by atoms with Crippen LogP contribution in [0.2, 0.25) is 0 Å². The molecule has 4 heteroatoms. The predicted molar refractivity (Wildman–Crippen MR) is 88.0 cm³/mol. The predicted octanol–water partition coefficient (Wildman–Crippen LogP) is 2.65. The van der Waals surface area contributed by atoms with Crippen LogP contribution in [0.15, 0.2) is 41.4 Å². The minimum atomic E-state index is 0.473. The lowest BCUT2D eigenvalue weighted by molar-refractivity contribution is 0.328. The van der Waals surface area contributed by atoms with Gasteiger partial charge in [-0.3, -0.25) is 0 Å². The molecule has 4 nitrogen and oxygen atoms in total. The number of ether oxygens (including phenoxy) is 1. The average molecular weight is 287 g/mol. The third kappa shape index (κ3) is 5.50. The Balaban J connectivity index is 1.74. The van der Waals surface area contributed by atoms with Crippen LogP contribution < -0.4 is 15.4 Å². The highest BCUT2D eigenvalue weighted by molar-refractivity contribution is 5.80. The number of nitrogens with one attached hydrogen (secondary N) is 2. The van der Waals surface area contributed by atoms with Gasteiger partial charge in [0.1, 0.15) is 12.4 Å². The van der Waals surface area contributed by atoms with Crippen molar-refractivity contribution in [3.8, 4) is 5.75 Å². The molecule has 0 heterocycles. The van der Waals surface area contributed by atoms with Crippen molar-refractivity contribution in [2.24, 2.45) is 4.99 Å². The average Bonchev–Trinajstić information content (AvgIpc) is 2.98. The molecule has 0 unspecified atom stereocenters. The molecule has 2 N–H and O–H groups in total. The Morgan fingerprint density at radius 3 is 2.62 bits per heavy atom. The van der Waals surface area contributed by atoms with E-state index >= 15 is 0 Å². The summed E-state index contributed by atoms with van der Waals surface area (Å²) in [7, 11) is 0. The standard InChI is InChI=1S/C17H25N3O/c1-3-18-17(20-15-6-4-5-7-15)19-12-13-21-16-10-8-14(2)9-11-16/h4-5,8-11,15H,3,6-7,12-13H2,1-2H3,(H2,18,19,20). The fourth-order valence-corrected chi connectivity index (χ4v) is 2.20. The molecular formula is C17H25N3O. The van der Waals surface area contributed by atoms with E-state index in [0.717, 1.165) is 31.1 Å². The van der Waals surface area contributed by atoms with Gasteiger partial charge in [0, 0.05) is 12.6 Å². The summed E-state index contributed by atoms with van der Waals surface area (Å²) < 4.78 is 5.68. The first-order chi connectivity index (χ1) is 10.3. The van der Waals surface area contributed by atoms with Gasteiger partial charge in [0.25, 0.3) is 0 Å². The molecule has 21 heavy (non-hydrogen) atoms. The Kier molecular flexibility index (Phi) is 6.13. The highest BCUT2D eigenvalue weighted by Crippen LogP contribution is 2.11. The van der Waals surface area contributed by atoms with Gasteiger partial charge in [0.15, 0.2) is 5.96 Å². The van der Waals surface area contributed by atoms with E-state index in [4.69, 9.17) is 4.74 Å². The van der Waals surface area contributed by atoms with E-state index in [-0.39, 0.29) is 0 Å². The Labute approximate surface area is 127 Å². The molecular weight excluding hydrogens is 262 g/mol. The maximum atomic E-state index is 5.68. The van der Waals surface area contributed by atoms with Gasteiger partial charge < -0.3 is 15.4 Å². The molecule has 2 rings (SSSR count). The maximum absolute atomic E-state index is 5.68. The molecule has 0 saturated carbocycles. The van der Waals surface area contributed by atoms with Crippen LogP contribution in [0.1, 0.15) is 25.3 Å². The first-order valence-electron chi connectivity index (χ1n) is 7.67. The molecule has 0 saturated heterocycles. The second kappa shape index (κ2) is 8.35. The molecule has 0 aromatic heterocycles. The van der Waals surface area contributed by atoms with Crippen LogP contribution >= 0.6 is 0 Å². The summed E-state index contributed by atoms with van der Waals surface area (Å²) in [5, 5.41) is 6.72. The summed E-state index contributed by atoms with van der Waals surface area (Å²) >= 11 is 0. The van der Waals surface area contributed by atoms with Crippen molar-refractivity contribution in [1.29, 1.82) is 0 Å². The zero-order valence-corrected chi connectivity index (χ0v) is 12.9. The minimum Gasteiger partial charge on any atom is -0.492 e. The summed E-state index contributed by atoms with van der Waals surface area (Å²) in [5.74, 6) is 1.77. The second-order valence-corrected chi connectivity index (χ2v) is 5.21. The summed E-state index contributed by atoms with van der Waals surface area (Å²) in [6, 6.07) is 8.56. The van der Waals surface area contributed by atoms with E-state index in [9.17, 15) is 0 Å². The van der Waals surface area contributed by atoms with Crippen molar-refractivity contribution in [3.63, 3.8) is 0 Å². The molecule has 114 valence electrons. The first-order valence-corrected chi connectivity index (χ1v) is 7.67. The van der Waals surface area contributed by atoms with Crippen LogP contribution in [0.3, 0.4) is 0 Å². The number of aryl methyl sites for hydroxylation is 1. The number of hydrogen-bond acceptors (Lipinski definition) is 2. The van der Waals surface area contributed by atoms with Crippen LogP contribution in [-0.4, -0.2) is 31.7 Å². The minimum absolute atomic E-state index is 0.473. The fourth-order valence-electron chi connectivity index (χ4n) is 2.20. The van der Waals surface area contributed by atoms with Gasteiger partial charge in [-0.15, -0.1) is 0 Å². The van der Waals surface area contributed by atoms with Gasteiger partial charge in [-0.25, -0.2) is 4.99 Å². The summed E-state index contributed by atoms with van der Waals surface area (Å²) in [6.07, 6.45) is 6.57. The molecule has 1 aromatic rings. The molecule has 0 spiro atoms. The Morgan fingerprint density at radius 1 is 1.24 bits per heavy atom. The third-order valence-corrected chi connectivity index (χ3v) is 3.34. The quantitative estimate of drug-likeness (QED) is 0.366. The zero-order chi connectivity index (χ0) is 14.9. The topological polar surface area (TPSA) is 45.7 Å². The van der Waals surface area contributed by atoms with E-state index in [0.29, 0.717) is 19.2 Å². The van der Waals surface area contributed by atoms with Gasteiger partial charge in [-0.05, 0) is 38.8 Å². The molecule has 1 aromatic carbocycles.